The molecule has 0 spiro atoms. The van der Waals surface area contributed by atoms with Gasteiger partial charge >= 0.3 is 0 Å². The molecule has 0 bridgehead atoms. The van der Waals surface area contributed by atoms with Gasteiger partial charge in [0.25, 0.3) is 11.1 Å². The van der Waals surface area contributed by atoms with Crippen LogP contribution >= 0.6 is 0 Å². The van der Waals surface area contributed by atoms with E-state index in [4.69, 9.17) is 0 Å². The Labute approximate surface area is 150 Å². The summed E-state index contributed by atoms with van der Waals surface area (Å²) >= 11 is 0. The lowest BCUT2D eigenvalue weighted by molar-refractivity contribution is 0.237. The number of aryl methyl sites for hydroxylation is 2. The van der Waals surface area contributed by atoms with E-state index in [2.05, 4.69) is 14.9 Å². The minimum absolute atomic E-state index is 0.0644. The van der Waals surface area contributed by atoms with Gasteiger partial charge in [-0.25, -0.2) is 9.97 Å². The molecule has 134 valence electrons. The van der Waals surface area contributed by atoms with Crippen LogP contribution in [-0.4, -0.2) is 30.4 Å². The third-order valence-electron chi connectivity index (χ3n) is 4.86. The molecule has 0 aliphatic carbocycles. The molecule has 0 aromatic carbocycles. The number of rotatable bonds is 3. The first-order valence-electron chi connectivity index (χ1n) is 8.83. The lowest BCUT2D eigenvalue weighted by Gasteiger charge is -2.27. The largest absolute Gasteiger partial charge is 0.299 e. The molecule has 0 atom stereocenters. The highest BCUT2D eigenvalue weighted by Gasteiger charge is 2.21. The highest BCUT2D eigenvalue weighted by atomic mass is 16.1. The topological polar surface area (TPSA) is 72.5 Å². The van der Waals surface area contributed by atoms with Gasteiger partial charge in [-0.15, -0.1) is 0 Å². The van der Waals surface area contributed by atoms with Crippen LogP contribution in [0.25, 0.3) is 5.65 Å². The second kappa shape index (κ2) is 6.49. The van der Waals surface area contributed by atoms with E-state index in [9.17, 15) is 9.59 Å². The average molecular weight is 351 g/mol. The zero-order valence-electron chi connectivity index (χ0n) is 15.0. The Balaban J connectivity index is 1.60. The van der Waals surface area contributed by atoms with Crippen molar-refractivity contribution in [1.82, 2.24) is 23.8 Å². The molecule has 0 radical (unpaired) electrons. The van der Waals surface area contributed by atoms with E-state index >= 15 is 0 Å². The minimum Gasteiger partial charge on any atom is -0.299 e. The number of fused-ring (bicyclic) bond motifs is 2. The Morgan fingerprint density at radius 1 is 1.23 bits per heavy atom. The van der Waals surface area contributed by atoms with Gasteiger partial charge in [-0.1, -0.05) is 6.07 Å². The Morgan fingerprint density at radius 3 is 2.88 bits per heavy atom. The van der Waals surface area contributed by atoms with Crippen LogP contribution in [0.4, 0.5) is 0 Å². The molecule has 3 aromatic rings. The van der Waals surface area contributed by atoms with Crippen LogP contribution in [0.2, 0.25) is 0 Å². The fourth-order valence-electron chi connectivity index (χ4n) is 3.44. The summed E-state index contributed by atoms with van der Waals surface area (Å²) in [7, 11) is 0. The Hall–Kier alpha value is -2.80. The summed E-state index contributed by atoms with van der Waals surface area (Å²) in [6.07, 6.45) is 4.09. The van der Waals surface area contributed by atoms with Gasteiger partial charge in [-0.3, -0.25) is 23.5 Å². The molecule has 4 rings (SSSR count). The third-order valence-corrected chi connectivity index (χ3v) is 4.86. The van der Waals surface area contributed by atoms with Crippen molar-refractivity contribution in [2.45, 2.75) is 39.9 Å². The monoisotopic (exact) mass is 351 g/mol. The molecular formula is C19H21N5O2. The predicted molar refractivity (Wildman–Crippen MR) is 98.2 cm³/mol. The van der Waals surface area contributed by atoms with Gasteiger partial charge < -0.3 is 0 Å². The van der Waals surface area contributed by atoms with Crippen LogP contribution in [0.1, 0.15) is 29.4 Å². The maximum Gasteiger partial charge on any atom is 0.258 e. The van der Waals surface area contributed by atoms with Crippen molar-refractivity contribution < 1.29 is 0 Å². The van der Waals surface area contributed by atoms with Crippen molar-refractivity contribution >= 4 is 5.65 Å². The van der Waals surface area contributed by atoms with Crippen LogP contribution in [0, 0.1) is 6.92 Å². The lowest BCUT2D eigenvalue weighted by Crippen LogP contribution is -2.37. The van der Waals surface area contributed by atoms with Crippen molar-refractivity contribution in [3.8, 4) is 0 Å². The van der Waals surface area contributed by atoms with Crippen LogP contribution < -0.4 is 11.1 Å². The quantitative estimate of drug-likeness (QED) is 0.707. The predicted octanol–water partition coefficient (Wildman–Crippen LogP) is 1.14. The van der Waals surface area contributed by atoms with Crippen LogP contribution in [-0.2, 0) is 26.1 Å². The normalized spacial score (nSPS) is 14.5. The van der Waals surface area contributed by atoms with Crippen LogP contribution in [0.3, 0.4) is 0 Å². The van der Waals surface area contributed by atoms with E-state index in [0.29, 0.717) is 31.7 Å². The highest BCUT2D eigenvalue weighted by molar-refractivity contribution is 5.40. The molecule has 7 nitrogen and oxygen atoms in total. The van der Waals surface area contributed by atoms with Crippen molar-refractivity contribution in [3.63, 3.8) is 0 Å². The molecular weight excluding hydrogens is 330 g/mol. The van der Waals surface area contributed by atoms with Gasteiger partial charge in [0.1, 0.15) is 5.65 Å². The summed E-state index contributed by atoms with van der Waals surface area (Å²) in [5.74, 6) is 0. The van der Waals surface area contributed by atoms with E-state index in [1.165, 1.54) is 0 Å². The van der Waals surface area contributed by atoms with Gasteiger partial charge in [0.15, 0.2) is 0 Å². The standard InChI is InChI=1S/C19H21N5O2/c1-3-23-12-20-16-11-22(7-6-15(16)19(23)26)10-14-8-18(25)24-9-13(2)4-5-17(24)21-14/h4-5,8-9,12H,3,6-7,10-11H2,1-2H3. The van der Waals surface area contributed by atoms with Crippen LogP contribution in [0.15, 0.2) is 40.3 Å². The maximum absolute atomic E-state index is 12.4. The summed E-state index contributed by atoms with van der Waals surface area (Å²) in [5.41, 5.74) is 4.05. The fourth-order valence-corrected chi connectivity index (χ4v) is 3.44. The molecule has 0 amide bonds. The van der Waals surface area contributed by atoms with Crippen molar-refractivity contribution in [1.29, 1.82) is 0 Å². The van der Waals surface area contributed by atoms with Crippen LogP contribution in [0.5, 0.6) is 0 Å². The Morgan fingerprint density at radius 2 is 2.08 bits per heavy atom. The zero-order valence-corrected chi connectivity index (χ0v) is 15.0. The molecule has 0 saturated carbocycles. The first kappa shape index (κ1) is 16.7. The zero-order chi connectivity index (χ0) is 18.3. The average Bonchev–Trinajstić information content (AvgIpc) is 2.63. The number of hydrogen-bond donors (Lipinski definition) is 0. The number of hydrogen-bond acceptors (Lipinski definition) is 5. The van der Waals surface area contributed by atoms with Gasteiger partial charge in [-0.2, -0.15) is 0 Å². The maximum atomic E-state index is 12.4. The molecule has 1 aliphatic rings. The van der Waals surface area contributed by atoms with E-state index in [1.54, 1.807) is 27.6 Å². The molecule has 0 saturated heterocycles. The summed E-state index contributed by atoms with van der Waals surface area (Å²) < 4.78 is 3.21. The molecule has 7 heteroatoms. The minimum atomic E-state index is -0.0740. The van der Waals surface area contributed by atoms with E-state index in [-0.39, 0.29) is 11.1 Å². The fraction of sp³-hybridized carbons (Fsp3) is 0.368. The summed E-state index contributed by atoms with van der Waals surface area (Å²) in [6, 6.07) is 5.40. The first-order valence-corrected chi connectivity index (χ1v) is 8.83. The molecule has 0 fully saturated rings. The van der Waals surface area contributed by atoms with E-state index in [0.717, 1.165) is 29.1 Å². The van der Waals surface area contributed by atoms with Gasteiger partial charge in [0.05, 0.1) is 17.7 Å². The molecule has 0 N–H and O–H groups in total. The van der Waals surface area contributed by atoms with Crippen molar-refractivity contribution in [3.05, 3.63) is 73.9 Å². The second-order valence-corrected chi connectivity index (χ2v) is 6.74. The Bertz CT molecular complexity index is 1100. The van der Waals surface area contributed by atoms with Gasteiger partial charge in [0.2, 0.25) is 0 Å². The molecule has 3 aromatic heterocycles. The number of aromatic nitrogens is 4. The van der Waals surface area contributed by atoms with Crippen molar-refractivity contribution in [2.75, 3.05) is 6.54 Å². The van der Waals surface area contributed by atoms with E-state index < -0.39 is 0 Å². The highest BCUT2D eigenvalue weighted by Crippen LogP contribution is 2.15. The Kier molecular flexibility index (Phi) is 4.16. The smallest absolute Gasteiger partial charge is 0.258 e. The lowest BCUT2D eigenvalue weighted by atomic mass is 10.1. The number of nitrogens with zero attached hydrogens (tertiary/aromatic N) is 5. The second-order valence-electron chi connectivity index (χ2n) is 6.74. The first-order chi connectivity index (χ1) is 12.5. The summed E-state index contributed by atoms with van der Waals surface area (Å²) in [5, 5.41) is 0. The molecule has 0 unspecified atom stereocenters. The van der Waals surface area contributed by atoms with Gasteiger partial charge in [0, 0.05) is 44.0 Å². The molecule has 4 heterocycles. The summed E-state index contributed by atoms with van der Waals surface area (Å²) in [6.45, 7) is 6.45. The van der Waals surface area contributed by atoms with Gasteiger partial charge in [-0.05, 0) is 31.9 Å². The number of pyridine rings is 1. The van der Waals surface area contributed by atoms with E-state index in [1.807, 2.05) is 26.0 Å². The van der Waals surface area contributed by atoms with Crippen molar-refractivity contribution in [2.24, 2.45) is 0 Å². The summed E-state index contributed by atoms with van der Waals surface area (Å²) in [4.78, 5) is 36.0. The SMILES string of the molecule is CCn1cnc2c(c1=O)CCN(Cc1cc(=O)n3cc(C)ccc3n1)C2. The molecule has 26 heavy (non-hydrogen) atoms. The third kappa shape index (κ3) is 2.94. The molecule has 1 aliphatic heterocycles.